The molecule has 0 radical (unpaired) electrons. The molecule has 4 aromatic rings. The standard InChI is InChI=1S/C25H23ClIN5OS/c1-16-3-8-20(9-4-16)28-14-23-30-31-25(32(23)21-10-5-18(26)6-11-21)34-15-24(33)29-22-12-7-19(27)13-17(22)2/h3-13,28H,14-15H2,1-2H3,(H,29,33). The smallest absolute Gasteiger partial charge is 0.234 e. The molecule has 0 fully saturated rings. The summed E-state index contributed by atoms with van der Waals surface area (Å²) in [6.07, 6.45) is 0. The lowest BCUT2D eigenvalue weighted by atomic mass is 10.2. The molecule has 34 heavy (non-hydrogen) atoms. The Morgan fingerprint density at radius 2 is 1.76 bits per heavy atom. The van der Waals surface area contributed by atoms with Crippen molar-refractivity contribution in [3.8, 4) is 5.69 Å². The van der Waals surface area contributed by atoms with E-state index in [0.717, 1.165) is 32.0 Å². The maximum atomic E-state index is 12.6. The summed E-state index contributed by atoms with van der Waals surface area (Å²) in [4.78, 5) is 12.6. The molecule has 1 amide bonds. The Kier molecular flexibility index (Phi) is 8.12. The fraction of sp³-hybridized carbons (Fsp3) is 0.160. The van der Waals surface area contributed by atoms with E-state index in [-0.39, 0.29) is 11.7 Å². The van der Waals surface area contributed by atoms with Gasteiger partial charge in [-0.15, -0.1) is 10.2 Å². The predicted octanol–water partition coefficient (Wildman–Crippen LogP) is 6.49. The Hall–Kier alpha value is -2.56. The minimum atomic E-state index is -0.0979. The second kappa shape index (κ2) is 11.2. The number of hydrogen-bond acceptors (Lipinski definition) is 5. The quantitative estimate of drug-likeness (QED) is 0.178. The molecule has 6 nitrogen and oxygen atoms in total. The highest BCUT2D eigenvalue weighted by atomic mass is 127. The molecule has 9 heteroatoms. The van der Waals surface area contributed by atoms with E-state index < -0.39 is 0 Å². The molecule has 4 rings (SSSR count). The van der Waals surface area contributed by atoms with Crippen molar-refractivity contribution in [1.82, 2.24) is 14.8 Å². The summed E-state index contributed by atoms with van der Waals surface area (Å²) in [5, 5.41) is 16.4. The Morgan fingerprint density at radius 1 is 1.03 bits per heavy atom. The summed E-state index contributed by atoms with van der Waals surface area (Å²) in [5.74, 6) is 0.848. The van der Waals surface area contributed by atoms with Crippen molar-refractivity contribution in [2.24, 2.45) is 0 Å². The molecule has 0 unspecified atom stereocenters. The highest BCUT2D eigenvalue weighted by Crippen LogP contribution is 2.25. The number of carbonyl (C=O) groups excluding carboxylic acids is 1. The molecular formula is C25H23ClIN5OS. The van der Waals surface area contributed by atoms with E-state index in [2.05, 4.69) is 62.5 Å². The second-order valence-electron chi connectivity index (χ2n) is 7.73. The first-order valence-corrected chi connectivity index (χ1v) is 13.0. The number of hydrogen-bond donors (Lipinski definition) is 2. The van der Waals surface area contributed by atoms with Gasteiger partial charge in [0.1, 0.15) is 0 Å². The number of nitrogens with zero attached hydrogens (tertiary/aromatic N) is 3. The Balaban J connectivity index is 1.51. The molecule has 0 saturated carbocycles. The van der Waals surface area contributed by atoms with Crippen LogP contribution in [0.4, 0.5) is 11.4 Å². The zero-order valence-electron chi connectivity index (χ0n) is 18.7. The van der Waals surface area contributed by atoms with Crippen LogP contribution in [0.5, 0.6) is 0 Å². The Bertz CT molecular complexity index is 1290. The van der Waals surface area contributed by atoms with Crippen LogP contribution >= 0.6 is 46.0 Å². The van der Waals surface area contributed by atoms with Crippen molar-refractivity contribution in [2.75, 3.05) is 16.4 Å². The van der Waals surface area contributed by atoms with Crippen LogP contribution in [0.2, 0.25) is 5.02 Å². The number of amides is 1. The number of thioether (sulfide) groups is 1. The van der Waals surface area contributed by atoms with Gasteiger partial charge in [-0.05, 0) is 96.6 Å². The molecule has 3 aromatic carbocycles. The van der Waals surface area contributed by atoms with Gasteiger partial charge in [0.15, 0.2) is 11.0 Å². The van der Waals surface area contributed by atoms with Crippen LogP contribution in [-0.2, 0) is 11.3 Å². The third kappa shape index (κ3) is 6.31. The summed E-state index contributed by atoms with van der Waals surface area (Å²) < 4.78 is 3.08. The van der Waals surface area contributed by atoms with Crippen molar-refractivity contribution in [3.63, 3.8) is 0 Å². The van der Waals surface area contributed by atoms with Gasteiger partial charge in [-0.25, -0.2) is 0 Å². The number of benzene rings is 3. The zero-order valence-corrected chi connectivity index (χ0v) is 22.4. The van der Waals surface area contributed by atoms with Gasteiger partial charge in [0, 0.05) is 25.7 Å². The van der Waals surface area contributed by atoms with Crippen molar-refractivity contribution in [2.45, 2.75) is 25.5 Å². The number of anilines is 2. The van der Waals surface area contributed by atoms with Gasteiger partial charge >= 0.3 is 0 Å². The molecule has 174 valence electrons. The van der Waals surface area contributed by atoms with Gasteiger partial charge in [0.05, 0.1) is 12.3 Å². The predicted molar refractivity (Wildman–Crippen MR) is 148 cm³/mol. The molecule has 0 aliphatic carbocycles. The molecule has 2 N–H and O–H groups in total. The molecule has 0 aliphatic heterocycles. The van der Waals surface area contributed by atoms with Crippen LogP contribution in [0.25, 0.3) is 5.69 Å². The number of aryl methyl sites for hydroxylation is 2. The Morgan fingerprint density at radius 3 is 2.47 bits per heavy atom. The number of rotatable bonds is 8. The first kappa shape index (κ1) is 24.6. The van der Waals surface area contributed by atoms with Crippen LogP contribution in [0.3, 0.4) is 0 Å². The molecule has 1 aromatic heterocycles. The van der Waals surface area contributed by atoms with Gasteiger partial charge in [-0.1, -0.05) is 41.1 Å². The summed E-state index contributed by atoms with van der Waals surface area (Å²) in [6, 6.07) is 21.6. The third-order valence-electron chi connectivity index (χ3n) is 5.08. The van der Waals surface area contributed by atoms with E-state index in [1.165, 1.54) is 17.3 Å². The van der Waals surface area contributed by atoms with Gasteiger partial charge in [0.25, 0.3) is 0 Å². The number of carbonyl (C=O) groups is 1. The van der Waals surface area contributed by atoms with Crippen LogP contribution in [0, 0.1) is 17.4 Å². The third-order valence-corrected chi connectivity index (χ3v) is 6.93. The largest absolute Gasteiger partial charge is 0.378 e. The summed E-state index contributed by atoms with van der Waals surface area (Å²) in [5.41, 5.74) is 4.92. The molecule has 1 heterocycles. The highest BCUT2D eigenvalue weighted by Gasteiger charge is 2.16. The van der Waals surface area contributed by atoms with E-state index in [1.54, 1.807) is 0 Å². The van der Waals surface area contributed by atoms with Crippen LogP contribution in [-0.4, -0.2) is 26.4 Å². The summed E-state index contributed by atoms with van der Waals surface area (Å²) in [7, 11) is 0. The van der Waals surface area contributed by atoms with Crippen molar-refractivity contribution in [1.29, 1.82) is 0 Å². The summed E-state index contributed by atoms with van der Waals surface area (Å²) in [6.45, 7) is 4.52. The lowest BCUT2D eigenvalue weighted by Gasteiger charge is -2.12. The lowest BCUT2D eigenvalue weighted by molar-refractivity contribution is -0.113. The normalized spacial score (nSPS) is 10.8. The fourth-order valence-electron chi connectivity index (χ4n) is 3.29. The van der Waals surface area contributed by atoms with Crippen molar-refractivity contribution in [3.05, 3.63) is 92.3 Å². The minimum Gasteiger partial charge on any atom is -0.378 e. The van der Waals surface area contributed by atoms with Crippen LogP contribution < -0.4 is 10.6 Å². The van der Waals surface area contributed by atoms with Gasteiger partial charge in [-0.3, -0.25) is 9.36 Å². The molecule has 0 bridgehead atoms. The molecule has 0 atom stereocenters. The maximum absolute atomic E-state index is 12.6. The molecular weight excluding hydrogens is 581 g/mol. The number of halogens is 2. The van der Waals surface area contributed by atoms with E-state index in [0.29, 0.717) is 16.7 Å². The van der Waals surface area contributed by atoms with Crippen molar-refractivity contribution >= 4 is 63.2 Å². The van der Waals surface area contributed by atoms with E-state index in [9.17, 15) is 4.79 Å². The van der Waals surface area contributed by atoms with Crippen molar-refractivity contribution < 1.29 is 4.79 Å². The van der Waals surface area contributed by atoms with Gasteiger partial charge < -0.3 is 10.6 Å². The van der Waals surface area contributed by atoms with Crippen LogP contribution in [0.1, 0.15) is 17.0 Å². The average Bonchev–Trinajstić information content (AvgIpc) is 3.22. The van der Waals surface area contributed by atoms with E-state index in [1.807, 2.05) is 66.1 Å². The molecule has 0 saturated heterocycles. The topological polar surface area (TPSA) is 71.8 Å². The molecule has 0 spiro atoms. The number of nitrogens with one attached hydrogen (secondary N) is 2. The monoisotopic (exact) mass is 603 g/mol. The van der Waals surface area contributed by atoms with Gasteiger partial charge in [0.2, 0.25) is 5.91 Å². The summed E-state index contributed by atoms with van der Waals surface area (Å²) >= 11 is 9.70. The highest BCUT2D eigenvalue weighted by molar-refractivity contribution is 14.1. The minimum absolute atomic E-state index is 0.0979. The van der Waals surface area contributed by atoms with E-state index in [4.69, 9.17) is 11.6 Å². The second-order valence-corrected chi connectivity index (χ2v) is 10.4. The van der Waals surface area contributed by atoms with Gasteiger partial charge in [-0.2, -0.15) is 0 Å². The first-order chi connectivity index (χ1) is 16.4. The number of aromatic nitrogens is 3. The lowest BCUT2D eigenvalue weighted by Crippen LogP contribution is -2.15. The van der Waals surface area contributed by atoms with Crippen LogP contribution in [0.15, 0.2) is 71.9 Å². The SMILES string of the molecule is Cc1ccc(NCc2nnc(SCC(=O)Nc3ccc(I)cc3C)n2-c2ccc(Cl)cc2)cc1. The van der Waals surface area contributed by atoms with E-state index >= 15 is 0 Å². The maximum Gasteiger partial charge on any atom is 0.234 e. The average molecular weight is 604 g/mol. The fourth-order valence-corrected chi connectivity index (χ4v) is 4.84. The Labute approximate surface area is 221 Å². The zero-order chi connectivity index (χ0) is 24.1. The molecule has 0 aliphatic rings. The first-order valence-electron chi connectivity index (χ1n) is 10.6.